The molecule has 0 unspecified atom stereocenters. The number of aliphatic hydroxyl groups excluding tert-OH is 2. The van der Waals surface area contributed by atoms with Gasteiger partial charge in [0.25, 0.3) is 0 Å². The molecule has 0 aromatic heterocycles. The molecule has 0 fully saturated rings. The maximum absolute atomic E-state index is 8.89. The van der Waals surface area contributed by atoms with Crippen LogP contribution in [0.4, 0.5) is 5.69 Å². The number of nitrogens with one attached hydrogen (secondary N) is 1. The van der Waals surface area contributed by atoms with Gasteiger partial charge in [0, 0.05) is 10.2 Å². The number of aliphatic hydroxyl groups is 2. The second-order valence-electron chi connectivity index (χ2n) is 3.01. The van der Waals surface area contributed by atoms with E-state index in [1.807, 2.05) is 6.07 Å². The molecular formula is C10H11BrN2O2. The van der Waals surface area contributed by atoms with E-state index in [0.29, 0.717) is 5.56 Å². The average Bonchev–Trinajstić information content (AvgIpc) is 2.27. The topological polar surface area (TPSA) is 76.3 Å². The summed E-state index contributed by atoms with van der Waals surface area (Å²) in [5.74, 6) is 0. The number of nitriles is 1. The van der Waals surface area contributed by atoms with E-state index in [1.54, 1.807) is 18.2 Å². The predicted molar refractivity (Wildman–Crippen MR) is 60.4 cm³/mol. The molecule has 0 atom stereocenters. The van der Waals surface area contributed by atoms with Gasteiger partial charge in [-0.1, -0.05) is 0 Å². The fourth-order valence-corrected chi connectivity index (χ4v) is 1.56. The molecule has 0 aliphatic heterocycles. The van der Waals surface area contributed by atoms with Gasteiger partial charge in [-0.05, 0) is 34.1 Å². The summed E-state index contributed by atoms with van der Waals surface area (Å²) in [7, 11) is 0. The second kappa shape index (κ2) is 5.71. The molecule has 0 saturated heterocycles. The Morgan fingerprint density at radius 1 is 1.40 bits per heavy atom. The van der Waals surface area contributed by atoms with Crippen molar-refractivity contribution in [1.29, 1.82) is 5.26 Å². The predicted octanol–water partition coefficient (Wildman–Crippen LogP) is 1.09. The summed E-state index contributed by atoms with van der Waals surface area (Å²) in [4.78, 5) is 0. The van der Waals surface area contributed by atoms with Crippen LogP contribution in [0, 0.1) is 11.3 Å². The Hall–Kier alpha value is -1.09. The lowest BCUT2D eigenvalue weighted by atomic mass is 10.2. The van der Waals surface area contributed by atoms with Crippen LogP contribution in [0.15, 0.2) is 22.7 Å². The van der Waals surface area contributed by atoms with E-state index in [1.165, 1.54) is 0 Å². The van der Waals surface area contributed by atoms with E-state index >= 15 is 0 Å². The van der Waals surface area contributed by atoms with E-state index < -0.39 is 6.04 Å². The van der Waals surface area contributed by atoms with Crippen molar-refractivity contribution in [2.75, 3.05) is 18.5 Å². The fraction of sp³-hybridized carbons (Fsp3) is 0.300. The van der Waals surface area contributed by atoms with Gasteiger partial charge in [0.2, 0.25) is 0 Å². The zero-order valence-corrected chi connectivity index (χ0v) is 9.53. The number of anilines is 1. The molecule has 0 spiro atoms. The minimum atomic E-state index is -0.394. The monoisotopic (exact) mass is 270 g/mol. The molecule has 1 rings (SSSR count). The largest absolute Gasteiger partial charge is 0.394 e. The lowest BCUT2D eigenvalue weighted by molar-refractivity contribution is 0.204. The van der Waals surface area contributed by atoms with Crippen molar-refractivity contribution < 1.29 is 10.2 Å². The quantitative estimate of drug-likeness (QED) is 0.766. The first-order valence-corrected chi connectivity index (χ1v) is 5.18. The molecule has 1 aromatic rings. The number of nitrogens with zero attached hydrogens (tertiary/aromatic N) is 1. The summed E-state index contributed by atoms with van der Waals surface area (Å²) >= 11 is 3.30. The number of hydrogen-bond donors (Lipinski definition) is 3. The summed E-state index contributed by atoms with van der Waals surface area (Å²) in [5, 5.41) is 29.4. The number of hydrogen-bond acceptors (Lipinski definition) is 4. The molecule has 0 aliphatic carbocycles. The molecule has 5 heteroatoms. The first-order valence-electron chi connectivity index (χ1n) is 4.39. The lowest BCUT2D eigenvalue weighted by Gasteiger charge is -2.15. The molecule has 0 aliphatic rings. The molecule has 0 radical (unpaired) electrons. The standard InChI is InChI=1S/C10H11BrN2O2/c11-9-3-7(4-12)1-2-10(9)13-8(5-14)6-15/h1-3,8,13-15H,5-6H2. The fourth-order valence-electron chi connectivity index (χ4n) is 1.07. The Morgan fingerprint density at radius 2 is 2.07 bits per heavy atom. The van der Waals surface area contributed by atoms with Gasteiger partial charge in [-0.2, -0.15) is 5.26 Å². The molecular weight excluding hydrogens is 260 g/mol. The Balaban J connectivity index is 2.83. The Labute approximate surface area is 96.3 Å². The highest BCUT2D eigenvalue weighted by molar-refractivity contribution is 9.10. The highest BCUT2D eigenvalue weighted by Gasteiger charge is 2.07. The van der Waals surface area contributed by atoms with E-state index in [9.17, 15) is 0 Å². The first kappa shape index (κ1) is 12.0. The normalized spacial score (nSPS) is 10.1. The van der Waals surface area contributed by atoms with Gasteiger partial charge in [-0.3, -0.25) is 0 Å². The Kier molecular flexibility index (Phi) is 4.56. The molecule has 80 valence electrons. The maximum atomic E-state index is 8.89. The molecule has 1 aromatic carbocycles. The van der Waals surface area contributed by atoms with Gasteiger partial charge in [0.1, 0.15) is 0 Å². The molecule has 0 heterocycles. The van der Waals surface area contributed by atoms with Gasteiger partial charge in [-0.25, -0.2) is 0 Å². The highest BCUT2D eigenvalue weighted by Crippen LogP contribution is 2.23. The third-order valence-corrected chi connectivity index (χ3v) is 2.55. The van der Waals surface area contributed by atoms with Gasteiger partial charge in [-0.15, -0.1) is 0 Å². The lowest BCUT2D eigenvalue weighted by Crippen LogP contribution is -2.27. The smallest absolute Gasteiger partial charge is 0.0992 e. The van der Waals surface area contributed by atoms with Crippen molar-refractivity contribution in [2.45, 2.75) is 6.04 Å². The first-order chi connectivity index (χ1) is 7.21. The van der Waals surface area contributed by atoms with Crippen molar-refractivity contribution in [2.24, 2.45) is 0 Å². The minimum Gasteiger partial charge on any atom is -0.394 e. The Morgan fingerprint density at radius 3 is 2.53 bits per heavy atom. The summed E-state index contributed by atoms with van der Waals surface area (Å²) < 4.78 is 0.730. The highest BCUT2D eigenvalue weighted by atomic mass is 79.9. The van der Waals surface area contributed by atoms with Gasteiger partial charge < -0.3 is 15.5 Å². The number of rotatable bonds is 4. The van der Waals surface area contributed by atoms with Crippen molar-refractivity contribution >= 4 is 21.6 Å². The van der Waals surface area contributed by atoms with Gasteiger partial charge >= 0.3 is 0 Å². The van der Waals surface area contributed by atoms with Gasteiger partial charge in [0.05, 0.1) is 30.9 Å². The summed E-state index contributed by atoms with van der Waals surface area (Å²) in [6.07, 6.45) is 0. The van der Waals surface area contributed by atoms with Crippen molar-refractivity contribution in [3.05, 3.63) is 28.2 Å². The van der Waals surface area contributed by atoms with Crippen LogP contribution < -0.4 is 5.32 Å². The van der Waals surface area contributed by atoms with E-state index in [2.05, 4.69) is 21.2 Å². The zero-order chi connectivity index (χ0) is 11.3. The Bertz CT molecular complexity index is 372. The van der Waals surface area contributed by atoms with E-state index in [4.69, 9.17) is 15.5 Å². The van der Waals surface area contributed by atoms with Crippen LogP contribution in [0.1, 0.15) is 5.56 Å². The van der Waals surface area contributed by atoms with Crippen molar-refractivity contribution in [3.63, 3.8) is 0 Å². The van der Waals surface area contributed by atoms with Crippen LogP contribution in [0.25, 0.3) is 0 Å². The van der Waals surface area contributed by atoms with E-state index in [-0.39, 0.29) is 13.2 Å². The average molecular weight is 271 g/mol. The van der Waals surface area contributed by atoms with Crippen LogP contribution in [-0.4, -0.2) is 29.5 Å². The van der Waals surface area contributed by atoms with Crippen LogP contribution in [-0.2, 0) is 0 Å². The number of halogens is 1. The maximum Gasteiger partial charge on any atom is 0.0992 e. The number of benzene rings is 1. The van der Waals surface area contributed by atoms with Crippen LogP contribution in [0.2, 0.25) is 0 Å². The summed E-state index contributed by atoms with van der Waals surface area (Å²) in [5.41, 5.74) is 1.29. The molecule has 0 bridgehead atoms. The van der Waals surface area contributed by atoms with E-state index in [0.717, 1.165) is 10.2 Å². The van der Waals surface area contributed by atoms with Crippen LogP contribution in [0.5, 0.6) is 0 Å². The molecule has 3 N–H and O–H groups in total. The van der Waals surface area contributed by atoms with Crippen molar-refractivity contribution in [3.8, 4) is 6.07 Å². The summed E-state index contributed by atoms with van der Waals surface area (Å²) in [6.45, 7) is -0.300. The molecule has 0 saturated carbocycles. The zero-order valence-electron chi connectivity index (χ0n) is 7.94. The second-order valence-corrected chi connectivity index (χ2v) is 3.87. The minimum absolute atomic E-state index is 0.150. The van der Waals surface area contributed by atoms with Crippen LogP contribution in [0.3, 0.4) is 0 Å². The third-order valence-electron chi connectivity index (χ3n) is 1.90. The summed E-state index contributed by atoms with van der Waals surface area (Å²) in [6, 6.07) is 6.69. The van der Waals surface area contributed by atoms with Gasteiger partial charge in [0.15, 0.2) is 0 Å². The molecule has 4 nitrogen and oxygen atoms in total. The third kappa shape index (κ3) is 3.20. The van der Waals surface area contributed by atoms with Crippen LogP contribution >= 0.6 is 15.9 Å². The molecule has 0 amide bonds. The molecule has 15 heavy (non-hydrogen) atoms. The SMILES string of the molecule is N#Cc1ccc(NC(CO)CO)c(Br)c1. The van der Waals surface area contributed by atoms with Crippen molar-refractivity contribution in [1.82, 2.24) is 0 Å².